The first-order chi connectivity index (χ1) is 12.1. The van der Waals surface area contributed by atoms with Crippen molar-refractivity contribution in [2.45, 2.75) is 19.9 Å². The molecule has 0 spiro atoms. The van der Waals surface area contributed by atoms with Gasteiger partial charge in [-0.3, -0.25) is 0 Å². The van der Waals surface area contributed by atoms with Crippen LogP contribution in [0.15, 0.2) is 47.6 Å². The van der Waals surface area contributed by atoms with Crippen LogP contribution in [0.4, 0.5) is 5.69 Å². The molecule has 7 heteroatoms. The predicted octanol–water partition coefficient (Wildman–Crippen LogP) is 3.72. The van der Waals surface area contributed by atoms with Gasteiger partial charge in [0.2, 0.25) is 0 Å². The Bertz CT molecular complexity index is 671. The predicted molar refractivity (Wildman–Crippen MR) is 122 cm³/mol. The number of aliphatic imine (C=N–C) groups is 1. The number of nitrogens with zero attached hydrogens (tertiary/aromatic N) is 3. The van der Waals surface area contributed by atoms with Crippen LogP contribution in [0.25, 0.3) is 0 Å². The summed E-state index contributed by atoms with van der Waals surface area (Å²) >= 11 is 5.81. The number of aromatic nitrogens is 1. The summed E-state index contributed by atoms with van der Waals surface area (Å²) in [6.07, 6.45) is 2.67. The highest BCUT2D eigenvalue weighted by Crippen LogP contribution is 2.12. The van der Waals surface area contributed by atoms with Crippen LogP contribution in [-0.4, -0.2) is 38.1 Å². The fourth-order valence-corrected chi connectivity index (χ4v) is 2.40. The van der Waals surface area contributed by atoms with Gasteiger partial charge in [-0.1, -0.05) is 29.8 Å². The molecular formula is C19H27ClIN5. The van der Waals surface area contributed by atoms with E-state index in [1.807, 2.05) is 26.2 Å². The third-order valence-electron chi connectivity index (χ3n) is 3.71. The Kier molecular flexibility index (Phi) is 10.3. The highest BCUT2D eigenvalue weighted by molar-refractivity contribution is 14.0. The maximum absolute atomic E-state index is 5.81. The van der Waals surface area contributed by atoms with Crippen molar-refractivity contribution in [2.75, 3.05) is 32.1 Å². The van der Waals surface area contributed by atoms with Gasteiger partial charge in [-0.15, -0.1) is 24.0 Å². The fourth-order valence-electron chi connectivity index (χ4n) is 2.29. The zero-order valence-electron chi connectivity index (χ0n) is 15.5. The molecule has 1 aromatic carbocycles. The highest BCUT2D eigenvalue weighted by atomic mass is 127. The van der Waals surface area contributed by atoms with E-state index in [2.05, 4.69) is 56.7 Å². The van der Waals surface area contributed by atoms with Gasteiger partial charge >= 0.3 is 0 Å². The van der Waals surface area contributed by atoms with Crippen LogP contribution in [0.2, 0.25) is 5.15 Å². The summed E-state index contributed by atoms with van der Waals surface area (Å²) in [4.78, 5) is 10.8. The molecule has 26 heavy (non-hydrogen) atoms. The van der Waals surface area contributed by atoms with Crippen molar-refractivity contribution in [3.8, 4) is 0 Å². The molecule has 0 fully saturated rings. The molecule has 0 saturated carbocycles. The van der Waals surface area contributed by atoms with E-state index in [1.54, 1.807) is 6.20 Å². The molecule has 0 radical (unpaired) electrons. The number of anilines is 1. The van der Waals surface area contributed by atoms with Gasteiger partial charge < -0.3 is 15.5 Å². The first-order valence-corrected chi connectivity index (χ1v) is 8.85. The summed E-state index contributed by atoms with van der Waals surface area (Å²) in [6.45, 7) is 4.32. The maximum Gasteiger partial charge on any atom is 0.191 e. The summed E-state index contributed by atoms with van der Waals surface area (Å²) in [5.74, 6) is 0.820. The molecule has 0 unspecified atom stereocenters. The highest BCUT2D eigenvalue weighted by Gasteiger charge is 2.00. The molecule has 0 aliphatic heterocycles. The van der Waals surface area contributed by atoms with Crippen LogP contribution in [0.1, 0.15) is 18.1 Å². The molecule has 1 heterocycles. The standard InChI is InChI=1S/C19H26ClN5.HI/c1-4-21-19(22-12-11-16-7-10-18(20)23-13-16)24-14-15-5-8-17(9-6-15)25(2)3;/h5-10,13H,4,11-12,14H2,1-3H3,(H2,21,22,24);1H. The third kappa shape index (κ3) is 7.78. The number of rotatable bonds is 7. The molecule has 2 rings (SSSR count). The van der Waals surface area contributed by atoms with Crippen molar-refractivity contribution in [3.63, 3.8) is 0 Å². The molecule has 2 N–H and O–H groups in total. The Morgan fingerprint density at radius 1 is 1.08 bits per heavy atom. The van der Waals surface area contributed by atoms with Gasteiger partial charge in [0.15, 0.2) is 5.96 Å². The van der Waals surface area contributed by atoms with Crippen molar-refractivity contribution in [2.24, 2.45) is 4.99 Å². The monoisotopic (exact) mass is 487 g/mol. The van der Waals surface area contributed by atoms with E-state index < -0.39 is 0 Å². The van der Waals surface area contributed by atoms with E-state index in [4.69, 9.17) is 11.6 Å². The lowest BCUT2D eigenvalue weighted by atomic mass is 10.2. The Hall–Kier alpha value is -1.54. The van der Waals surface area contributed by atoms with Crippen molar-refractivity contribution in [1.29, 1.82) is 0 Å². The van der Waals surface area contributed by atoms with Gasteiger partial charge in [0, 0.05) is 39.1 Å². The number of benzene rings is 1. The largest absolute Gasteiger partial charge is 0.378 e. The Labute approximate surface area is 178 Å². The van der Waals surface area contributed by atoms with E-state index >= 15 is 0 Å². The lowest BCUT2D eigenvalue weighted by Gasteiger charge is -2.13. The minimum atomic E-state index is 0. The number of halogens is 2. The molecule has 0 aliphatic rings. The minimum Gasteiger partial charge on any atom is -0.378 e. The van der Waals surface area contributed by atoms with E-state index in [-0.39, 0.29) is 24.0 Å². The second-order valence-electron chi connectivity index (χ2n) is 5.92. The van der Waals surface area contributed by atoms with E-state index in [1.165, 1.54) is 11.3 Å². The number of hydrogen-bond acceptors (Lipinski definition) is 3. The molecule has 0 saturated heterocycles. The quantitative estimate of drug-likeness (QED) is 0.271. The molecule has 0 bridgehead atoms. The summed E-state index contributed by atoms with van der Waals surface area (Å²) in [6, 6.07) is 12.3. The molecule has 5 nitrogen and oxygen atoms in total. The van der Waals surface area contributed by atoms with Crippen molar-refractivity contribution in [1.82, 2.24) is 15.6 Å². The number of guanidine groups is 1. The van der Waals surface area contributed by atoms with Gasteiger partial charge in [0.1, 0.15) is 5.15 Å². The topological polar surface area (TPSA) is 52.6 Å². The van der Waals surface area contributed by atoms with Gasteiger partial charge in [0.05, 0.1) is 6.54 Å². The fraction of sp³-hybridized carbons (Fsp3) is 0.368. The van der Waals surface area contributed by atoms with Gasteiger partial charge in [-0.05, 0) is 42.7 Å². The van der Waals surface area contributed by atoms with E-state index in [0.29, 0.717) is 11.7 Å². The lowest BCUT2D eigenvalue weighted by Crippen LogP contribution is -2.38. The van der Waals surface area contributed by atoms with Gasteiger partial charge in [-0.2, -0.15) is 0 Å². The smallest absolute Gasteiger partial charge is 0.191 e. The molecule has 0 aliphatic carbocycles. The average Bonchev–Trinajstić information content (AvgIpc) is 2.61. The Morgan fingerprint density at radius 2 is 1.77 bits per heavy atom. The number of hydrogen-bond donors (Lipinski definition) is 2. The van der Waals surface area contributed by atoms with Crippen LogP contribution < -0.4 is 15.5 Å². The zero-order chi connectivity index (χ0) is 18.1. The normalized spacial score (nSPS) is 10.8. The molecule has 2 aromatic rings. The van der Waals surface area contributed by atoms with Crippen LogP contribution in [0, 0.1) is 0 Å². The molecule has 142 valence electrons. The summed E-state index contributed by atoms with van der Waals surface area (Å²) in [7, 11) is 4.08. The van der Waals surface area contributed by atoms with E-state index in [0.717, 1.165) is 31.0 Å². The van der Waals surface area contributed by atoms with Crippen LogP contribution >= 0.6 is 35.6 Å². The minimum absolute atomic E-state index is 0. The summed E-state index contributed by atoms with van der Waals surface area (Å²) in [5.41, 5.74) is 3.52. The summed E-state index contributed by atoms with van der Waals surface area (Å²) < 4.78 is 0. The zero-order valence-corrected chi connectivity index (χ0v) is 18.6. The lowest BCUT2D eigenvalue weighted by molar-refractivity contribution is 0.798. The average molecular weight is 488 g/mol. The van der Waals surface area contributed by atoms with Crippen LogP contribution in [-0.2, 0) is 13.0 Å². The van der Waals surface area contributed by atoms with Crippen molar-refractivity contribution < 1.29 is 0 Å². The van der Waals surface area contributed by atoms with Crippen LogP contribution in [0.3, 0.4) is 0 Å². The maximum atomic E-state index is 5.81. The first-order valence-electron chi connectivity index (χ1n) is 8.47. The van der Waals surface area contributed by atoms with Crippen molar-refractivity contribution >= 4 is 47.2 Å². The van der Waals surface area contributed by atoms with Crippen molar-refractivity contribution in [3.05, 3.63) is 58.9 Å². The number of pyridine rings is 1. The SMILES string of the molecule is CCNC(=NCc1ccc(N(C)C)cc1)NCCc1ccc(Cl)nc1.I. The number of nitrogens with one attached hydrogen (secondary N) is 2. The molecule has 1 aromatic heterocycles. The van der Waals surface area contributed by atoms with Gasteiger partial charge in [0.25, 0.3) is 0 Å². The molecular weight excluding hydrogens is 461 g/mol. The Balaban J connectivity index is 0.00000338. The second kappa shape index (κ2) is 12.0. The summed E-state index contributed by atoms with van der Waals surface area (Å²) in [5, 5.41) is 7.15. The molecule has 0 amide bonds. The second-order valence-corrected chi connectivity index (χ2v) is 6.31. The van der Waals surface area contributed by atoms with Crippen LogP contribution in [0.5, 0.6) is 0 Å². The van der Waals surface area contributed by atoms with E-state index in [9.17, 15) is 0 Å². The first kappa shape index (κ1) is 22.5. The Morgan fingerprint density at radius 3 is 2.35 bits per heavy atom. The third-order valence-corrected chi connectivity index (χ3v) is 3.94. The van der Waals surface area contributed by atoms with Gasteiger partial charge in [-0.25, -0.2) is 9.98 Å². The molecule has 0 atom stereocenters.